The van der Waals surface area contributed by atoms with Crippen molar-refractivity contribution < 1.29 is 4.74 Å². The van der Waals surface area contributed by atoms with Gasteiger partial charge in [0.1, 0.15) is 11.3 Å². The highest BCUT2D eigenvalue weighted by Crippen LogP contribution is 2.32. The van der Waals surface area contributed by atoms with E-state index in [0.717, 1.165) is 26.8 Å². The van der Waals surface area contributed by atoms with Crippen LogP contribution in [-0.4, -0.2) is 17.1 Å². The molecule has 3 rings (SSSR count). The minimum atomic E-state index is 0.670. The lowest BCUT2D eigenvalue weighted by atomic mass is 10.3. The van der Waals surface area contributed by atoms with Crippen LogP contribution in [0.3, 0.4) is 0 Å². The number of aromatic nitrogens is 2. The molecule has 96 valence electrons. The van der Waals surface area contributed by atoms with Crippen molar-refractivity contribution in [2.45, 2.75) is 6.54 Å². The molecule has 1 aromatic carbocycles. The molecule has 3 aromatic rings. The van der Waals surface area contributed by atoms with E-state index in [4.69, 9.17) is 4.74 Å². The number of nitrogens with zero attached hydrogens (tertiary/aromatic N) is 2. The summed E-state index contributed by atoms with van der Waals surface area (Å²) in [6.07, 6.45) is 1.79. The second kappa shape index (κ2) is 5.24. The molecule has 0 aliphatic heterocycles. The van der Waals surface area contributed by atoms with E-state index in [0.29, 0.717) is 6.54 Å². The van der Waals surface area contributed by atoms with Gasteiger partial charge in [0.25, 0.3) is 0 Å². The fourth-order valence-corrected chi connectivity index (χ4v) is 2.71. The van der Waals surface area contributed by atoms with Crippen molar-refractivity contribution in [1.82, 2.24) is 9.97 Å². The van der Waals surface area contributed by atoms with E-state index in [9.17, 15) is 0 Å². The maximum atomic E-state index is 5.31. The van der Waals surface area contributed by atoms with Crippen LogP contribution in [0.15, 0.2) is 42.6 Å². The van der Waals surface area contributed by atoms with Crippen LogP contribution in [0.1, 0.15) is 5.69 Å². The standard InChI is InChI=1S/C14H13N3OS/c1-18-11-6-4-7-12-13(11)17-14(19-12)16-9-10-5-2-3-8-15-10/h2-8H,9H2,1H3,(H,16,17). The molecule has 0 aliphatic carbocycles. The highest BCUT2D eigenvalue weighted by Gasteiger charge is 2.08. The van der Waals surface area contributed by atoms with E-state index in [1.807, 2.05) is 36.4 Å². The third kappa shape index (κ3) is 2.51. The number of anilines is 1. The maximum Gasteiger partial charge on any atom is 0.184 e. The zero-order valence-corrected chi connectivity index (χ0v) is 11.3. The molecule has 2 heterocycles. The predicted octanol–water partition coefficient (Wildman–Crippen LogP) is 3.31. The number of ether oxygens (including phenoxy) is 1. The average molecular weight is 271 g/mol. The molecule has 0 radical (unpaired) electrons. The Morgan fingerprint density at radius 3 is 2.95 bits per heavy atom. The first-order valence-corrected chi connectivity index (χ1v) is 6.76. The summed E-state index contributed by atoms with van der Waals surface area (Å²) in [4.78, 5) is 8.82. The third-order valence-electron chi connectivity index (χ3n) is 2.75. The number of para-hydroxylation sites is 1. The van der Waals surface area contributed by atoms with Crippen molar-refractivity contribution in [2.24, 2.45) is 0 Å². The summed E-state index contributed by atoms with van der Waals surface area (Å²) in [5.41, 5.74) is 1.90. The van der Waals surface area contributed by atoms with Gasteiger partial charge in [-0.2, -0.15) is 0 Å². The smallest absolute Gasteiger partial charge is 0.184 e. The summed E-state index contributed by atoms with van der Waals surface area (Å²) in [7, 11) is 1.66. The number of methoxy groups -OCH3 is 1. The summed E-state index contributed by atoms with van der Waals surface area (Å²) in [6.45, 7) is 0.670. The Bertz CT molecular complexity index is 681. The monoisotopic (exact) mass is 271 g/mol. The molecule has 0 fully saturated rings. The molecule has 4 nitrogen and oxygen atoms in total. The molecule has 1 N–H and O–H groups in total. The predicted molar refractivity (Wildman–Crippen MR) is 77.7 cm³/mol. The van der Waals surface area contributed by atoms with Crippen LogP contribution in [0.2, 0.25) is 0 Å². The van der Waals surface area contributed by atoms with Gasteiger partial charge in [-0.25, -0.2) is 4.98 Å². The molecule has 2 aromatic heterocycles. The van der Waals surface area contributed by atoms with Crippen molar-refractivity contribution >= 4 is 26.7 Å². The fraction of sp³-hybridized carbons (Fsp3) is 0.143. The maximum absolute atomic E-state index is 5.31. The molecule has 0 amide bonds. The molecule has 0 spiro atoms. The lowest BCUT2D eigenvalue weighted by Gasteiger charge is -2.00. The highest BCUT2D eigenvalue weighted by atomic mass is 32.1. The first-order chi connectivity index (χ1) is 9.36. The van der Waals surface area contributed by atoms with Gasteiger partial charge in [-0.15, -0.1) is 0 Å². The zero-order chi connectivity index (χ0) is 13.1. The number of hydrogen-bond acceptors (Lipinski definition) is 5. The Morgan fingerprint density at radius 2 is 2.16 bits per heavy atom. The van der Waals surface area contributed by atoms with Crippen LogP contribution in [0.25, 0.3) is 10.2 Å². The second-order valence-corrected chi connectivity index (χ2v) is 5.03. The number of fused-ring (bicyclic) bond motifs is 1. The summed E-state index contributed by atoms with van der Waals surface area (Å²) in [5.74, 6) is 0.805. The van der Waals surface area contributed by atoms with Crippen molar-refractivity contribution in [3.05, 3.63) is 48.3 Å². The number of nitrogens with one attached hydrogen (secondary N) is 1. The van der Waals surface area contributed by atoms with Gasteiger partial charge in [0, 0.05) is 6.20 Å². The van der Waals surface area contributed by atoms with Crippen LogP contribution < -0.4 is 10.1 Å². The van der Waals surface area contributed by atoms with Crippen LogP contribution in [0, 0.1) is 0 Å². The topological polar surface area (TPSA) is 47.0 Å². The lowest BCUT2D eigenvalue weighted by Crippen LogP contribution is -2.00. The van der Waals surface area contributed by atoms with Gasteiger partial charge in [-0.3, -0.25) is 4.98 Å². The SMILES string of the molecule is COc1cccc2sc(NCc3ccccn3)nc12. The van der Waals surface area contributed by atoms with E-state index in [-0.39, 0.29) is 0 Å². The zero-order valence-electron chi connectivity index (χ0n) is 10.5. The van der Waals surface area contributed by atoms with Crippen molar-refractivity contribution in [2.75, 3.05) is 12.4 Å². The Labute approximate surface area is 115 Å². The summed E-state index contributed by atoms with van der Waals surface area (Å²) < 4.78 is 6.42. The minimum absolute atomic E-state index is 0.670. The van der Waals surface area contributed by atoms with Crippen LogP contribution in [-0.2, 0) is 6.54 Å². The van der Waals surface area contributed by atoms with Gasteiger partial charge < -0.3 is 10.1 Å². The molecule has 0 bridgehead atoms. The average Bonchev–Trinajstić information content (AvgIpc) is 2.89. The van der Waals surface area contributed by atoms with Crippen molar-refractivity contribution in [3.63, 3.8) is 0 Å². The Morgan fingerprint density at radius 1 is 1.21 bits per heavy atom. The Hall–Kier alpha value is -2.14. The van der Waals surface area contributed by atoms with Crippen molar-refractivity contribution in [3.8, 4) is 5.75 Å². The highest BCUT2D eigenvalue weighted by molar-refractivity contribution is 7.22. The normalized spacial score (nSPS) is 10.6. The van der Waals surface area contributed by atoms with Gasteiger partial charge >= 0.3 is 0 Å². The molecule has 5 heteroatoms. The van der Waals surface area contributed by atoms with E-state index in [1.54, 1.807) is 24.6 Å². The molecule has 19 heavy (non-hydrogen) atoms. The van der Waals surface area contributed by atoms with Crippen molar-refractivity contribution in [1.29, 1.82) is 0 Å². The van der Waals surface area contributed by atoms with Crippen LogP contribution >= 0.6 is 11.3 Å². The van der Waals surface area contributed by atoms with Gasteiger partial charge in [0.2, 0.25) is 0 Å². The number of rotatable bonds is 4. The van der Waals surface area contributed by atoms with Crippen LogP contribution in [0.5, 0.6) is 5.75 Å². The molecule has 0 unspecified atom stereocenters. The second-order valence-electron chi connectivity index (χ2n) is 4.00. The summed E-state index contributed by atoms with van der Waals surface area (Å²) in [5, 5.41) is 4.17. The van der Waals surface area contributed by atoms with Gasteiger partial charge in [-0.1, -0.05) is 23.5 Å². The van der Waals surface area contributed by atoms with E-state index < -0.39 is 0 Å². The number of pyridine rings is 1. The van der Waals surface area contributed by atoms with Gasteiger partial charge in [0.05, 0.1) is 24.0 Å². The molecular formula is C14H13N3OS. The van der Waals surface area contributed by atoms with Gasteiger partial charge in [-0.05, 0) is 24.3 Å². The molecule has 0 saturated carbocycles. The van der Waals surface area contributed by atoms with Gasteiger partial charge in [0.15, 0.2) is 5.13 Å². The largest absolute Gasteiger partial charge is 0.494 e. The van der Waals surface area contributed by atoms with Crippen LogP contribution in [0.4, 0.5) is 5.13 Å². The number of benzene rings is 1. The Balaban J connectivity index is 1.82. The third-order valence-corrected chi connectivity index (χ3v) is 3.73. The van der Waals surface area contributed by atoms with E-state index in [1.165, 1.54) is 0 Å². The number of hydrogen-bond donors (Lipinski definition) is 1. The first kappa shape index (κ1) is 11.9. The minimum Gasteiger partial charge on any atom is -0.494 e. The Kier molecular flexibility index (Phi) is 3.29. The first-order valence-electron chi connectivity index (χ1n) is 5.94. The quantitative estimate of drug-likeness (QED) is 0.790. The molecule has 0 saturated heterocycles. The summed E-state index contributed by atoms with van der Waals surface area (Å²) >= 11 is 1.62. The molecule has 0 aliphatic rings. The van der Waals surface area contributed by atoms with E-state index >= 15 is 0 Å². The molecule has 0 atom stereocenters. The summed E-state index contributed by atoms with van der Waals surface area (Å²) in [6, 6.07) is 11.8. The molecular weight excluding hydrogens is 258 g/mol. The fourth-order valence-electron chi connectivity index (χ4n) is 1.83. The van der Waals surface area contributed by atoms with E-state index in [2.05, 4.69) is 15.3 Å². The lowest BCUT2D eigenvalue weighted by molar-refractivity contribution is 0.419. The number of thiazole rings is 1.